The molecule has 1 heterocycles. The lowest BCUT2D eigenvalue weighted by atomic mass is 9.94. The number of imidazole rings is 1. The van der Waals surface area contributed by atoms with Gasteiger partial charge in [0.05, 0.1) is 26.2 Å². The standard InChI is InChI=1S/C17H21N3O3/c1-20-9-8-18-15(20)11-19-16(21)17(6-7-17)12-4-5-13(22-2)14(10-12)23-3/h4-5,8-10H,6-7,11H2,1-3H3,(H,19,21). The van der Waals surface area contributed by atoms with Crippen molar-refractivity contribution in [1.82, 2.24) is 14.9 Å². The van der Waals surface area contributed by atoms with Crippen molar-refractivity contribution < 1.29 is 14.3 Å². The van der Waals surface area contributed by atoms with Gasteiger partial charge in [0.1, 0.15) is 5.82 Å². The van der Waals surface area contributed by atoms with Crippen LogP contribution in [0.4, 0.5) is 0 Å². The van der Waals surface area contributed by atoms with Gasteiger partial charge in [0.2, 0.25) is 5.91 Å². The summed E-state index contributed by atoms with van der Waals surface area (Å²) in [5.74, 6) is 2.18. The van der Waals surface area contributed by atoms with E-state index in [-0.39, 0.29) is 5.91 Å². The van der Waals surface area contributed by atoms with Crippen LogP contribution in [0.3, 0.4) is 0 Å². The predicted octanol–water partition coefficient (Wildman–Crippen LogP) is 1.79. The van der Waals surface area contributed by atoms with Crippen LogP contribution in [0.5, 0.6) is 11.5 Å². The fourth-order valence-electron chi connectivity index (χ4n) is 2.80. The highest BCUT2D eigenvalue weighted by atomic mass is 16.5. The van der Waals surface area contributed by atoms with E-state index in [1.807, 2.05) is 36.0 Å². The molecule has 1 N–H and O–H groups in total. The zero-order valence-electron chi connectivity index (χ0n) is 13.6. The van der Waals surface area contributed by atoms with Crippen molar-refractivity contribution in [2.45, 2.75) is 24.8 Å². The van der Waals surface area contributed by atoms with Crippen molar-refractivity contribution in [3.8, 4) is 11.5 Å². The van der Waals surface area contributed by atoms with Gasteiger partial charge in [0.25, 0.3) is 0 Å². The second-order valence-electron chi connectivity index (χ2n) is 5.79. The molecule has 0 bridgehead atoms. The number of nitrogens with zero attached hydrogens (tertiary/aromatic N) is 2. The van der Waals surface area contributed by atoms with Gasteiger partial charge >= 0.3 is 0 Å². The highest BCUT2D eigenvalue weighted by Gasteiger charge is 2.51. The Labute approximate surface area is 135 Å². The molecule has 1 aromatic carbocycles. The lowest BCUT2D eigenvalue weighted by Gasteiger charge is -2.17. The number of aromatic nitrogens is 2. The van der Waals surface area contributed by atoms with E-state index in [4.69, 9.17) is 9.47 Å². The molecule has 1 aromatic heterocycles. The highest BCUT2D eigenvalue weighted by Crippen LogP contribution is 2.50. The molecule has 3 rings (SSSR count). The maximum absolute atomic E-state index is 12.7. The molecular weight excluding hydrogens is 294 g/mol. The van der Waals surface area contributed by atoms with E-state index in [1.165, 1.54) is 0 Å². The first-order chi connectivity index (χ1) is 11.1. The van der Waals surface area contributed by atoms with E-state index < -0.39 is 5.41 Å². The summed E-state index contributed by atoms with van der Waals surface area (Å²) in [6.07, 6.45) is 5.27. The van der Waals surface area contributed by atoms with Gasteiger partial charge in [-0.05, 0) is 30.5 Å². The van der Waals surface area contributed by atoms with Gasteiger partial charge in [0, 0.05) is 19.4 Å². The second-order valence-corrected chi connectivity index (χ2v) is 5.79. The Hall–Kier alpha value is -2.50. The largest absolute Gasteiger partial charge is 0.493 e. The molecule has 0 spiro atoms. The van der Waals surface area contributed by atoms with Gasteiger partial charge in [0.15, 0.2) is 11.5 Å². The summed E-state index contributed by atoms with van der Waals surface area (Å²) in [5.41, 5.74) is 0.512. The zero-order valence-corrected chi connectivity index (χ0v) is 13.6. The van der Waals surface area contributed by atoms with Crippen LogP contribution in [0, 0.1) is 0 Å². The maximum Gasteiger partial charge on any atom is 0.231 e. The van der Waals surface area contributed by atoms with Crippen LogP contribution < -0.4 is 14.8 Å². The molecule has 1 saturated carbocycles. The molecule has 23 heavy (non-hydrogen) atoms. The number of ether oxygens (including phenoxy) is 2. The molecule has 1 aliphatic rings. The molecular formula is C17H21N3O3. The number of nitrogens with one attached hydrogen (secondary N) is 1. The minimum Gasteiger partial charge on any atom is -0.493 e. The van der Waals surface area contributed by atoms with Crippen LogP contribution in [0.2, 0.25) is 0 Å². The summed E-state index contributed by atoms with van der Waals surface area (Å²) in [6, 6.07) is 5.68. The molecule has 1 fully saturated rings. The van der Waals surface area contributed by atoms with E-state index in [2.05, 4.69) is 10.3 Å². The minimum absolute atomic E-state index is 0.0349. The average molecular weight is 315 g/mol. The summed E-state index contributed by atoms with van der Waals surface area (Å²) in [7, 11) is 5.11. The van der Waals surface area contributed by atoms with E-state index in [1.54, 1.807) is 20.4 Å². The topological polar surface area (TPSA) is 65.4 Å². The van der Waals surface area contributed by atoms with Crippen LogP contribution in [0.1, 0.15) is 24.2 Å². The number of methoxy groups -OCH3 is 2. The number of amides is 1. The third-order valence-electron chi connectivity index (χ3n) is 4.45. The number of aryl methyl sites for hydroxylation is 1. The number of carbonyl (C=O) groups is 1. The van der Waals surface area contributed by atoms with Crippen molar-refractivity contribution in [1.29, 1.82) is 0 Å². The monoisotopic (exact) mass is 315 g/mol. The first-order valence-electron chi connectivity index (χ1n) is 7.58. The third-order valence-corrected chi connectivity index (χ3v) is 4.45. The molecule has 0 saturated heterocycles. The van der Waals surface area contributed by atoms with Crippen LogP contribution in [-0.2, 0) is 23.8 Å². The first-order valence-corrected chi connectivity index (χ1v) is 7.58. The highest BCUT2D eigenvalue weighted by molar-refractivity contribution is 5.91. The van der Waals surface area contributed by atoms with Gasteiger partial charge in [-0.25, -0.2) is 4.98 Å². The predicted molar refractivity (Wildman–Crippen MR) is 85.5 cm³/mol. The fourth-order valence-corrected chi connectivity index (χ4v) is 2.80. The number of hydrogen-bond acceptors (Lipinski definition) is 4. The maximum atomic E-state index is 12.7. The third kappa shape index (κ3) is 2.76. The van der Waals surface area contributed by atoms with Crippen LogP contribution in [-0.4, -0.2) is 29.7 Å². The molecule has 0 unspecified atom stereocenters. The van der Waals surface area contributed by atoms with Crippen molar-refractivity contribution in [2.24, 2.45) is 7.05 Å². The Morgan fingerprint density at radius 1 is 1.30 bits per heavy atom. The Morgan fingerprint density at radius 3 is 2.61 bits per heavy atom. The molecule has 6 heteroatoms. The van der Waals surface area contributed by atoms with Crippen molar-refractivity contribution >= 4 is 5.91 Å². The Balaban J connectivity index is 1.76. The first kappa shape index (κ1) is 15.4. The van der Waals surface area contributed by atoms with Crippen molar-refractivity contribution in [3.05, 3.63) is 42.0 Å². The summed E-state index contributed by atoms with van der Waals surface area (Å²) in [4.78, 5) is 16.9. The minimum atomic E-state index is -0.454. The number of benzene rings is 1. The number of carbonyl (C=O) groups excluding carboxylic acids is 1. The van der Waals surface area contributed by atoms with Crippen LogP contribution in [0.25, 0.3) is 0 Å². The molecule has 0 radical (unpaired) electrons. The normalized spacial score (nSPS) is 15.1. The number of rotatable bonds is 6. The van der Waals surface area contributed by atoms with Gasteiger partial charge in [-0.2, -0.15) is 0 Å². The van der Waals surface area contributed by atoms with Crippen molar-refractivity contribution in [3.63, 3.8) is 0 Å². The molecule has 6 nitrogen and oxygen atoms in total. The van der Waals surface area contributed by atoms with Crippen LogP contribution >= 0.6 is 0 Å². The summed E-state index contributed by atoms with van der Waals surface area (Å²) < 4.78 is 12.5. The Morgan fingerprint density at radius 2 is 2.04 bits per heavy atom. The molecule has 0 aliphatic heterocycles. The Bertz CT molecular complexity index is 720. The molecule has 1 aliphatic carbocycles. The average Bonchev–Trinajstić information content (AvgIpc) is 3.29. The molecule has 2 aromatic rings. The van der Waals surface area contributed by atoms with Crippen molar-refractivity contribution in [2.75, 3.05) is 14.2 Å². The summed E-state index contributed by atoms with van der Waals surface area (Å²) in [6.45, 7) is 0.428. The fraction of sp³-hybridized carbons (Fsp3) is 0.412. The SMILES string of the molecule is COc1ccc(C2(C(=O)NCc3nccn3C)CC2)cc1OC. The summed E-state index contributed by atoms with van der Waals surface area (Å²) >= 11 is 0. The second kappa shape index (κ2) is 5.95. The lowest BCUT2D eigenvalue weighted by molar-refractivity contribution is -0.123. The molecule has 122 valence electrons. The molecule has 0 atom stereocenters. The van der Waals surface area contributed by atoms with E-state index in [0.717, 1.165) is 24.2 Å². The van der Waals surface area contributed by atoms with Gasteiger partial charge in [-0.3, -0.25) is 4.79 Å². The van der Waals surface area contributed by atoms with Gasteiger partial charge in [-0.15, -0.1) is 0 Å². The van der Waals surface area contributed by atoms with Gasteiger partial charge in [-0.1, -0.05) is 6.07 Å². The lowest BCUT2D eigenvalue weighted by Crippen LogP contribution is -2.35. The smallest absolute Gasteiger partial charge is 0.231 e. The molecule has 1 amide bonds. The number of hydrogen-bond donors (Lipinski definition) is 1. The van der Waals surface area contributed by atoms with E-state index in [0.29, 0.717) is 18.0 Å². The zero-order chi connectivity index (χ0) is 16.4. The van der Waals surface area contributed by atoms with Crippen LogP contribution in [0.15, 0.2) is 30.6 Å². The summed E-state index contributed by atoms with van der Waals surface area (Å²) in [5, 5.41) is 3.00. The van der Waals surface area contributed by atoms with E-state index in [9.17, 15) is 4.79 Å². The van der Waals surface area contributed by atoms with E-state index >= 15 is 0 Å². The quantitative estimate of drug-likeness (QED) is 0.882. The Kier molecular flexibility index (Phi) is 3.98. The van der Waals surface area contributed by atoms with Gasteiger partial charge < -0.3 is 19.4 Å².